The van der Waals surface area contributed by atoms with Gasteiger partial charge in [-0.1, -0.05) is 72.8 Å². The van der Waals surface area contributed by atoms with E-state index in [4.69, 9.17) is 4.74 Å². The third-order valence-electron chi connectivity index (χ3n) is 9.29. The summed E-state index contributed by atoms with van der Waals surface area (Å²) in [5, 5.41) is 44.7. The molecule has 1 saturated heterocycles. The zero-order valence-electron chi connectivity index (χ0n) is 26.6. The first kappa shape index (κ1) is 33.3. The summed E-state index contributed by atoms with van der Waals surface area (Å²) in [5.74, 6) is -3.12. The lowest BCUT2D eigenvalue weighted by atomic mass is 9.68. The summed E-state index contributed by atoms with van der Waals surface area (Å²) < 4.78 is 6.10. The fourth-order valence-corrected chi connectivity index (χ4v) is 6.98. The van der Waals surface area contributed by atoms with E-state index in [9.17, 15) is 35.0 Å². The number of allylic oxidation sites excluding steroid dienone is 1. The Labute approximate surface area is 283 Å². The molecule has 1 aliphatic heterocycles. The number of hydrogen-bond acceptors (Lipinski definition) is 8. The number of aromatic hydroxyl groups is 1. The Morgan fingerprint density at radius 1 is 0.939 bits per heavy atom. The van der Waals surface area contributed by atoms with Crippen molar-refractivity contribution in [3.05, 3.63) is 142 Å². The van der Waals surface area contributed by atoms with Gasteiger partial charge < -0.3 is 20.1 Å². The van der Waals surface area contributed by atoms with Gasteiger partial charge >= 0.3 is 0 Å². The monoisotopic (exact) mass is 660 g/mol. The zero-order valence-corrected chi connectivity index (χ0v) is 26.6. The largest absolute Gasteiger partial charge is 0.507 e. The summed E-state index contributed by atoms with van der Waals surface area (Å²) in [7, 11) is 0. The Kier molecular flexibility index (Phi) is 9.98. The summed E-state index contributed by atoms with van der Waals surface area (Å²) in [6.07, 6.45) is 1.47. The van der Waals surface area contributed by atoms with Crippen LogP contribution in [0.1, 0.15) is 30.4 Å². The van der Waals surface area contributed by atoms with Crippen molar-refractivity contribution in [1.29, 1.82) is 0 Å². The highest BCUT2D eigenvalue weighted by Gasteiger charge is 2.55. The SMILES string of the molecule is O=C1[C@@H]2[C@@H](CC(COc3ccccc3)=C([C@H](O)CC/C(=C/c3ccccc3O)c3ccccc3)[C@@H]2CO)C(=O)N1c1cccc([N+](=O)[O-])c1. The van der Waals surface area contributed by atoms with Crippen molar-refractivity contribution in [2.75, 3.05) is 18.1 Å². The highest BCUT2D eigenvalue weighted by atomic mass is 16.6. The molecule has 3 N–H and O–H groups in total. The number of anilines is 1. The van der Waals surface area contributed by atoms with Crippen LogP contribution in [0.4, 0.5) is 11.4 Å². The number of benzene rings is 4. The molecule has 6 rings (SSSR count). The standard InChI is InChI=1S/C39H36N2O8/c42-23-33-36(35(44)19-18-26(25-10-3-1-4-11-25)20-27-12-7-8-17-34(27)43)28(24-49-31-15-5-2-6-16-31)21-32-37(33)39(46)40(38(32)45)29-13-9-14-30(22-29)41(47)48/h1-17,20,22,32-33,35,37,42-44H,18-19,21,23-24H2/b26-20-/t32-,33+,35-,37-/m1/s1. The molecule has 0 unspecified atom stereocenters. The number of amides is 2. The molecule has 4 aromatic rings. The molecule has 10 nitrogen and oxygen atoms in total. The van der Waals surface area contributed by atoms with E-state index in [1.165, 1.54) is 24.3 Å². The Morgan fingerprint density at radius 2 is 1.63 bits per heavy atom. The Bertz CT molecular complexity index is 1910. The predicted octanol–water partition coefficient (Wildman–Crippen LogP) is 6.18. The van der Waals surface area contributed by atoms with Crippen molar-refractivity contribution in [3.8, 4) is 11.5 Å². The van der Waals surface area contributed by atoms with Crippen molar-refractivity contribution in [2.45, 2.75) is 25.4 Å². The number of nitrogens with zero attached hydrogens (tertiary/aromatic N) is 2. The Balaban J connectivity index is 1.34. The molecule has 1 heterocycles. The van der Waals surface area contributed by atoms with Gasteiger partial charge in [-0.2, -0.15) is 0 Å². The summed E-state index contributed by atoms with van der Waals surface area (Å²) in [6, 6.07) is 31.0. The first-order chi connectivity index (χ1) is 23.8. The number of fused-ring (bicyclic) bond motifs is 1. The topological polar surface area (TPSA) is 150 Å². The summed E-state index contributed by atoms with van der Waals surface area (Å²) >= 11 is 0. The van der Waals surface area contributed by atoms with Crippen LogP contribution in [-0.4, -0.2) is 51.4 Å². The molecule has 1 fully saturated rings. The number of ether oxygens (including phenoxy) is 1. The second-order valence-corrected chi connectivity index (χ2v) is 12.2. The van der Waals surface area contributed by atoms with E-state index >= 15 is 0 Å². The van der Waals surface area contributed by atoms with E-state index in [0.29, 0.717) is 28.9 Å². The zero-order chi connectivity index (χ0) is 34.5. The third-order valence-corrected chi connectivity index (χ3v) is 9.29. The quantitative estimate of drug-likeness (QED) is 0.0537. The van der Waals surface area contributed by atoms with E-state index in [1.54, 1.807) is 30.3 Å². The number of imide groups is 1. The second-order valence-electron chi connectivity index (χ2n) is 12.2. The van der Waals surface area contributed by atoms with Gasteiger partial charge in [0.05, 0.1) is 35.2 Å². The summed E-state index contributed by atoms with van der Waals surface area (Å²) in [4.78, 5) is 39.7. The van der Waals surface area contributed by atoms with Gasteiger partial charge in [0.2, 0.25) is 11.8 Å². The number of nitro groups is 1. The second kappa shape index (κ2) is 14.7. The van der Waals surface area contributed by atoms with E-state index in [1.807, 2.05) is 60.7 Å². The van der Waals surface area contributed by atoms with Crippen LogP contribution in [0.25, 0.3) is 11.6 Å². The number of phenolic OH excluding ortho intramolecular Hbond substituents is 1. The van der Waals surface area contributed by atoms with Crippen LogP contribution in [0, 0.1) is 27.9 Å². The van der Waals surface area contributed by atoms with Gasteiger partial charge in [0, 0.05) is 23.6 Å². The average Bonchev–Trinajstić information content (AvgIpc) is 3.38. The van der Waals surface area contributed by atoms with E-state index in [-0.39, 0.29) is 36.6 Å². The molecule has 2 aliphatic rings. The third kappa shape index (κ3) is 7.01. The smallest absolute Gasteiger partial charge is 0.271 e. The molecule has 4 atom stereocenters. The number of carbonyl (C=O) groups is 2. The number of hydrogen-bond donors (Lipinski definition) is 3. The maximum atomic E-state index is 14.0. The average molecular weight is 661 g/mol. The minimum absolute atomic E-state index is 0.0215. The lowest BCUT2D eigenvalue weighted by molar-refractivity contribution is -0.384. The number of carbonyl (C=O) groups excluding carboxylic acids is 2. The summed E-state index contributed by atoms with van der Waals surface area (Å²) in [5.41, 5.74) is 3.29. The molecule has 4 aromatic carbocycles. The first-order valence-corrected chi connectivity index (χ1v) is 16.1. The van der Waals surface area contributed by atoms with Gasteiger partial charge in [-0.25, -0.2) is 4.90 Å². The molecule has 10 heteroatoms. The molecule has 49 heavy (non-hydrogen) atoms. The number of para-hydroxylation sites is 2. The number of aliphatic hydroxyl groups is 2. The van der Waals surface area contributed by atoms with Crippen molar-refractivity contribution in [3.63, 3.8) is 0 Å². The lowest BCUT2D eigenvalue weighted by Crippen LogP contribution is -2.40. The Morgan fingerprint density at radius 3 is 2.33 bits per heavy atom. The number of aliphatic hydroxyl groups excluding tert-OH is 2. The molecular weight excluding hydrogens is 624 g/mol. The molecule has 0 radical (unpaired) electrons. The van der Waals surface area contributed by atoms with Crippen LogP contribution in [0.2, 0.25) is 0 Å². The molecule has 0 aromatic heterocycles. The highest BCUT2D eigenvalue weighted by Crippen LogP contribution is 2.48. The minimum atomic E-state index is -1.11. The van der Waals surface area contributed by atoms with Crippen molar-refractivity contribution in [2.24, 2.45) is 17.8 Å². The summed E-state index contributed by atoms with van der Waals surface area (Å²) in [6.45, 7) is -0.489. The number of rotatable bonds is 12. The number of phenols is 1. The number of nitro benzene ring substituents is 1. The molecule has 0 bridgehead atoms. The van der Waals surface area contributed by atoms with Gasteiger partial charge in [0.15, 0.2) is 0 Å². The molecular formula is C39H36N2O8. The first-order valence-electron chi connectivity index (χ1n) is 16.1. The highest BCUT2D eigenvalue weighted by molar-refractivity contribution is 6.22. The van der Waals surface area contributed by atoms with Gasteiger partial charge in [-0.05, 0) is 71.9 Å². The van der Waals surface area contributed by atoms with Crippen LogP contribution in [0.3, 0.4) is 0 Å². The maximum absolute atomic E-state index is 14.0. The fourth-order valence-electron chi connectivity index (χ4n) is 6.98. The minimum Gasteiger partial charge on any atom is -0.507 e. The van der Waals surface area contributed by atoms with Gasteiger partial charge in [-0.15, -0.1) is 0 Å². The molecule has 0 spiro atoms. The molecule has 1 aliphatic carbocycles. The van der Waals surface area contributed by atoms with Crippen LogP contribution in [0.15, 0.2) is 120 Å². The molecule has 2 amide bonds. The van der Waals surface area contributed by atoms with E-state index in [2.05, 4.69) is 0 Å². The van der Waals surface area contributed by atoms with E-state index < -0.39 is 47.2 Å². The Hall–Kier alpha value is -5.58. The van der Waals surface area contributed by atoms with E-state index in [0.717, 1.165) is 16.0 Å². The number of non-ortho nitro benzene ring substituents is 1. The van der Waals surface area contributed by atoms with Crippen molar-refractivity contribution < 1.29 is 34.6 Å². The normalized spacial score (nSPS) is 19.9. The van der Waals surface area contributed by atoms with Gasteiger partial charge in [0.1, 0.15) is 18.1 Å². The van der Waals surface area contributed by atoms with Crippen LogP contribution in [-0.2, 0) is 9.59 Å². The lowest BCUT2D eigenvalue weighted by Gasteiger charge is -2.36. The van der Waals surface area contributed by atoms with Crippen molar-refractivity contribution >= 4 is 34.8 Å². The predicted molar refractivity (Wildman–Crippen MR) is 184 cm³/mol. The van der Waals surface area contributed by atoms with Gasteiger partial charge in [-0.3, -0.25) is 19.7 Å². The van der Waals surface area contributed by atoms with Crippen LogP contribution >= 0.6 is 0 Å². The van der Waals surface area contributed by atoms with Crippen LogP contribution in [0.5, 0.6) is 11.5 Å². The maximum Gasteiger partial charge on any atom is 0.271 e. The molecule has 0 saturated carbocycles. The molecule has 250 valence electrons. The fraction of sp³-hybridized carbons (Fsp3) is 0.231. The van der Waals surface area contributed by atoms with Gasteiger partial charge in [0.25, 0.3) is 5.69 Å². The van der Waals surface area contributed by atoms with Crippen molar-refractivity contribution in [1.82, 2.24) is 0 Å². The van der Waals surface area contributed by atoms with Crippen LogP contribution < -0.4 is 9.64 Å².